The molecule has 2 N–H and O–H groups in total. The molecule has 1 saturated carbocycles. The summed E-state index contributed by atoms with van der Waals surface area (Å²) in [6.07, 6.45) is 1.80. The number of alkyl halides is 2. The van der Waals surface area contributed by atoms with E-state index in [4.69, 9.17) is 28.9 Å². The molecule has 1 aliphatic rings. The minimum atomic E-state index is -0.503. The molecular weight excluding hydrogens is 253 g/mol. The van der Waals surface area contributed by atoms with Crippen LogP contribution in [-0.2, 0) is 11.8 Å². The molecule has 0 amide bonds. The molecule has 1 aromatic rings. The first-order valence-corrected chi connectivity index (χ1v) is 6.72. The summed E-state index contributed by atoms with van der Waals surface area (Å²) in [6, 6.07) is 6.32. The topological polar surface area (TPSA) is 26.0 Å². The van der Waals surface area contributed by atoms with Crippen molar-refractivity contribution in [3.05, 3.63) is 29.3 Å². The molecule has 1 aromatic carbocycles. The molecule has 0 bridgehead atoms. The Hall–Kier alpha value is -0.400. The van der Waals surface area contributed by atoms with Crippen molar-refractivity contribution in [2.24, 2.45) is 5.92 Å². The smallest absolute Gasteiger partial charge is 0.121 e. The highest BCUT2D eigenvalue weighted by Gasteiger charge is 2.51. The van der Waals surface area contributed by atoms with E-state index in [1.165, 1.54) is 11.1 Å². The van der Waals surface area contributed by atoms with Crippen molar-refractivity contribution in [3.8, 4) is 0 Å². The van der Waals surface area contributed by atoms with E-state index in [1.54, 1.807) is 0 Å². The van der Waals surface area contributed by atoms with Crippen molar-refractivity contribution in [2.45, 2.75) is 43.4 Å². The van der Waals surface area contributed by atoms with E-state index in [0.717, 1.165) is 18.5 Å². The lowest BCUT2D eigenvalue weighted by Gasteiger charge is -2.21. The number of benzene rings is 1. The predicted octanol–water partition coefficient (Wildman–Crippen LogP) is 4.30. The fourth-order valence-corrected chi connectivity index (χ4v) is 2.72. The third-order valence-corrected chi connectivity index (χ3v) is 4.29. The number of anilines is 1. The molecule has 1 nitrogen and oxygen atoms in total. The second-order valence-corrected chi connectivity index (χ2v) is 7.58. The van der Waals surface area contributed by atoms with Crippen LogP contribution in [0.15, 0.2) is 18.2 Å². The molecule has 1 fully saturated rings. The number of hydrogen-bond acceptors (Lipinski definition) is 1. The maximum atomic E-state index is 6.11. The summed E-state index contributed by atoms with van der Waals surface area (Å²) < 4.78 is -0.503. The lowest BCUT2D eigenvalue weighted by atomic mass is 9.85. The van der Waals surface area contributed by atoms with Gasteiger partial charge in [0.15, 0.2) is 0 Å². The zero-order valence-corrected chi connectivity index (χ0v) is 12.1. The van der Waals surface area contributed by atoms with Gasteiger partial charge in [-0.2, -0.15) is 0 Å². The fourth-order valence-electron chi connectivity index (χ4n) is 2.20. The Bertz CT molecular complexity index is 432. The zero-order chi connectivity index (χ0) is 12.8. The van der Waals surface area contributed by atoms with E-state index < -0.39 is 4.33 Å². The van der Waals surface area contributed by atoms with Gasteiger partial charge in [0.2, 0.25) is 0 Å². The normalized spacial score (nSPS) is 22.5. The third-order valence-electron chi connectivity index (χ3n) is 3.36. The molecule has 17 heavy (non-hydrogen) atoms. The Balaban J connectivity index is 2.15. The molecule has 0 spiro atoms. The Morgan fingerprint density at radius 2 is 1.94 bits per heavy atom. The van der Waals surface area contributed by atoms with Gasteiger partial charge in [-0.1, -0.05) is 32.9 Å². The monoisotopic (exact) mass is 271 g/mol. The summed E-state index contributed by atoms with van der Waals surface area (Å²) in [7, 11) is 0. The van der Waals surface area contributed by atoms with Crippen LogP contribution >= 0.6 is 23.2 Å². The van der Waals surface area contributed by atoms with Crippen LogP contribution in [0.25, 0.3) is 0 Å². The van der Waals surface area contributed by atoms with Gasteiger partial charge in [0.05, 0.1) is 0 Å². The van der Waals surface area contributed by atoms with Crippen LogP contribution in [0.5, 0.6) is 0 Å². The zero-order valence-electron chi connectivity index (χ0n) is 10.6. The molecule has 0 aromatic heterocycles. The number of hydrogen-bond donors (Lipinski definition) is 1. The van der Waals surface area contributed by atoms with E-state index in [-0.39, 0.29) is 5.41 Å². The van der Waals surface area contributed by atoms with Crippen molar-refractivity contribution in [2.75, 3.05) is 5.73 Å². The summed E-state index contributed by atoms with van der Waals surface area (Å²) in [6.45, 7) is 6.51. The first-order valence-electron chi connectivity index (χ1n) is 5.97. The quantitative estimate of drug-likeness (QED) is 0.630. The lowest BCUT2D eigenvalue weighted by Crippen LogP contribution is -2.14. The van der Waals surface area contributed by atoms with Crippen LogP contribution < -0.4 is 5.73 Å². The molecule has 1 unspecified atom stereocenters. The van der Waals surface area contributed by atoms with Crippen molar-refractivity contribution >= 4 is 28.9 Å². The summed E-state index contributed by atoms with van der Waals surface area (Å²) in [4.78, 5) is 0. The maximum Gasteiger partial charge on any atom is 0.121 e. The largest absolute Gasteiger partial charge is 0.398 e. The first kappa shape index (κ1) is 13.0. The van der Waals surface area contributed by atoms with Crippen LogP contribution in [-0.4, -0.2) is 4.33 Å². The highest BCUT2D eigenvalue weighted by atomic mass is 35.5. The van der Waals surface area contributed by atoms with E-state index in [1.807, 2.05) is 0 Å². The van der Waals surface area contributed by atoms with Gasteiger partial charge >= 0.3 is 0 Å². The second kappa shape index (κ2) is 4.07. The van der Waals surface area contributed by atoms with E-state index >= 15 is 0 Å². The van der Waals surface area contributed by atoms with Gasteiger partial charge in [0, 0.05) is 5.69 Å². The van der Waals surface area contributed by atoms with Gasteiger partial charge in [-0.05, 0) is 41.4 Å². The molecular formula is C14H19Cl2N. The van der Waals surface area contributed by atoms with E-state index in [0.29, 0.717) is 5.92 Å². The van der Waals surface area contributed by atoms with Crippen LogP contribution in [0, 0.1) is 5.92 Å². The van der Waals surface area contributed by atoms with Crippen molar-refractivity contribution in [3.63, 3.8) is 0 Å². The summed E-state index contributed by atoms with van der Waals surface area (Å²) in [5.74, 6) is 0.380. The van der Waals surface area contributed by atoms with Gasteiger partial charge in [0.25, 0.3) is 0 Å². The number of rotatable bonds is 2. The van der Waals surface area contributed by atoms with Crippen molar-refractivity contribution in [1.29, 1.82) is 0 Å². The number of nitrogens with two attached hydrogens (primary N) is 1. The molecule has 0 radical (unpaired) electrons. The average Bonchev–Trinajstić information content (AvgIpc) is 2.71. The minimum absolute atomic E-state index is 0.0882. The van der Waals surface area contributed by atoms with Gasteiger partial charge in [0.1, 0.15) is 4.33 Å². The highest BCUT2D eigenvalue weighted by Crippen LogP contribution is 2.54. The molecule has 3 heteroatoms. The van der Waals surface area contributed by atoms with Crippen LogP contribution in [0.2, 0.25) is 0 Å². The molecule has 2 rings (SSSR count). The minimum Gasteiger partial charge on any atom is -0.398 e. The van der Waals surface area contributed by atoms with Crippen molar-refractivity contribution < 1.29 is 0 Å². The summed E-state index contributed by atoms with van der Waals surface area (Å²) in [5.41, 5.74) is 9.48. The molecule has 0 heterocycles. The Kier molecular flexibility index (Phi) is 3.12. The van der Waals surface area contributed by atoms with Gasteiger partial charge in [-0.25, -0.2) is 0 Å². The van der Waals surface area contributed by atoms with Gasteiger partial charge in [-0.15, -0.1) is 23.2 Å². The number of nitrogen functional groups attached to an aromatic ring is 1. The molecule has 1 atom stereocenters. The lowest BCUT2D eigenvalue weighted by molar-refractivity contribution is 0.592. The maximum absolute atomic E-state index is 6.11. The second-order valence-electron chi connectivity index (χ2n) is 6.04. The molecule has 0 saturated heterocycles. The van der Waals surface area contributed by atoms with E-state index in [2.05, 4.69) is 39.0 Å². The predicted molar refractivity (Wildman–Crippen MR) is 75.8 cm³/mol. The summed E-state index contributed by atoms with van der Waals surface area (Å²) in [5, 5.41) is 0. The first-order chi connectivity index (χ1) is 7.70. The molecule has 0 aliphatic heterocycles. The third kappa shape index (κ3) is 2.89. The molecule has 1 aliphatic carbocycles. The standard InChI is InChI=1S/C14H19Cl2N/c1-13(2,3)11-5-4-9(7-12(11)17)6-10-8-14(10,15)16/h4-5,7,10H,6,8,17H2,1-3H3. The SMILES string of the molecule is CC(C)(C)c1ccc(CC2CC2(Cl)Cl)cc1N. The number of halogens is 2. The average molecular weight is 272 g/mol. The Labute approximate surface area is 113 Å². The van der Waals surface area contributed by atoms with Crippen LogP contribution in [0.4, 0.5) is 5.69 Å². The Morgan fingerprint density at radius 3 is 2.35 bits per heavy atom. The van der Waals surface area contributed by atoms with E-state index in [9.17, 15) is 0 Å². The molecule has 94 valence electrons. The van der Waals surface area contributed by atoms with Crippen LogP contribution in [0.3, 0.4) is 0 Å². The van der Waals surface area contributed by atoms with Crippen LogP contribution in [0.1, 0.15) is 38.3 Å². The summed E-state index contributed by atoms with van der Waals surface area (Å²) >= 11 is 12.1. The highest BCUT2D eigenvalue weighted by molar-refractivity contribution is 6.50. The van der Waals surface area contributed by atoms with Gasteiger partial charge < -0.3 is 5.73 Å². The van der Waals surface area contributed by atoms with Gasteiger partial charge in [-0.3, -0.25) is 0 Å². The van der Waals surface area contributed by atoms with Crippen molar-refractivity contribution in [1.82, 2.24) is 0 Å². The Morgan fingerprint density at radius 1 is 1.35 bits per heavy atom. The fraction of sp³-hybridized carbons (Fsp3) is 0.571.